The van der Waals surface area contributed by atoms with Gasteiger partial charge in [-0.2, -0.15) is 8.78 Å². The Kier molecular flexibility index (Phi) is 6.64. The summed E-state index contributed by atoms with van der Waals surface area (Å²) in [6.07, 6.45) is 0. The van der Waals surface area contributed by atoms with Crippen molar-refractivity contribution in [3.63, 3.8) is 0 Å². The molecular formula is C17H16F2N2O3S. The number of rotatable bonds is 6. The Morgan fingerprint density at radius 1 is 1.04 bits per heavy atom. The third-order valence-electron chi connectivity index (χ3n) is 2.99. The molecular weight excluding hydrogens is 350 g/mol. The average Bonchev–Trinajstić information content (AvgIpc) is 2.57. The summed E-state index contributed by atoms with van der Waals surface area (Å²) in [7, 11) is 0. The van der Waals surface area contributed by atoms with Crippen LogP contribution in [-0.2, 0) is 4.74 Å². The van der Waals surface area contributed by atoms with Crippen molar-refractivity contribution in [3.8, 4) is 5.75 Å². The molecule has 0 saturated carbocycles. The van der Waals surface area contributed by atoms with Gasteiger partial charge in [-0.3, -0.25) is 0 Å². The van der Waals surface area contributed by atoms with Gasteiger partial charge in [-0.1, -0.05) is 0 Å². The number of carbonyl (C=O) groups is 1. The van der Waals surface area contributed by atoms with Crippen molar-refractivity contribution < 1.29 is 23.0 Å². The van der Waals surface area contributed by atoms with Crippen molar-refractivity contribution >= 4 is 34.7 Å². The van der Waals surface area contributed by atoms with Crippen molar-refractivity contribution in [1.29, 1.82) is 0 Å². The number of thiocarbonyl (C=S) groups is 1. The van der Waals surface area contributed by atoms with E-state index >= 15 is 0 Å². The lowest BCUT2D eigenvalue weighted by molar-refractivity contribution is -0.0498. The lowest BCUT2D eigenvalue weighted by Gasteiger charge is -2.11. The summed E-state index contributed by atoms with van der Waals surface area (Å²) in [4.78, 5) is 11.6. The second kappa shape index (κ2) is 8.93. The van der Waals surface area contributed by atoms with E-state index in [-0.39, 0.29) is 11.7 Å². The van der Waals surface area contributed by atoms with E-state index in [1.54, 1.807) is 43.3 Å². The summed E-state index contributed by atoms with van der Waals surface area (Å²) in [5.74, 6) is -0.324. The fourth-order valence-corrected chi connectivity index (χ4v) is 2.15. The van der Waals surface area contributed by atoms with Gasteiger partial charge in [-0.05, 0) is 67.7 Å². The van der Waals surface area contributed by atoms with Crippen LogP contribution in [-0.4, -0.2) is 24.3 Å². The monoisotopic (exact) mass is 366 g/mol. The van der Waals surface area contributed by atoms with Crippen LogP contribution >= 0.6 is 12.2 Å². The SMILES string of the molecule is CCOC(=O)c1ccc(NC(=S)Nc2ccc(OC(F)F)cc2)cc1. The van der Waals surface area contributed by atoms with Gasteiger partial charge in [-0.25, -0.2) is 4.79 Å². The van der Waals surface area contributed by atoms with Crippen molar-refractivity contribution in [1.82, 2.24) is 0 Å². The van der Waals surface area contributed by atoms with E-state index in [0.29, 0.717) is 28.7 Å². The quantitative estimate of drug-likeness (QED) is 0.588. The molecule has 25 heavy (non-hydrogen) atoms. The number of esters is 1. The molecule has 2 aromatic carbocycles. The van der Waals surface area contributed by atoms with E-state index in [0.717, 1.165) is 0 Å². The van der Waals surface area contributed by atoms with Gasteiger partial charge in [0.1, 0.15) is 5.75 Å². The molecule has 8 heteroatoms. The minimum absolute atomic E-state index is 0.0639. The Labute approximate surface area is 148 Å². The first-order valence-electron chi connectivity index (χ1n) is 7.38. The predicted octanol–water partition coefficient (Wildman–Crippen LogP) is 4.27. The molecule has 2 aromatic rings. The third-order valence-corrected chi connectivity index (χ3v) is 3.20. The summed E-state index contributed by atoms with van der Waals surface area (Å²) in [5, 5.41) is 6.18. The first kappa shape index (κ1) is 18.6. The number of anilines is 2. The van der Waals surface area contributed by atoms with Crippen LogP contribution in [0.3, 0.4) is 0 Å². The van der Waals surface area contributed by atoms with Crippen LogP contribution in [0.25, 0.3) is 0 Å². The molecule has 0 unspecified atom stereocenters. The zero-order valence-corrected chi connectivity index (χ0v) is 14.1. The maximum Gasteiger partial charge on any atom is 0.387 e. The van der Waals surface area contributed by atoms with Crippen molar-refractivity contribution in [2.75, 3.05) is 17.2 Å². The molecule has 0 atom stereocenters. The standard InChI is InChI=1S/C17H16F2N2O3S/c1-2-23-15(22)11-3-5-12(6-4-11)20-17(25)21-13-7-9-14(10-8-13)24-16(18)19/h3-10,16H,2H2,1H3,(H2,20,21,25). The third kappa shape index (κ3) is 6.00. The van der Waals surface area contributed by atoms with E-state index in [4.69, 9.17) is 17.0 Å². The maximum absolute atomic E-state index is 12.1. The van der Waals surface area contributed by atoms with Crippen molar-refractivity contribution in [2.45, 2.75) is 13.5 Å². The molecule has 2 rings (SSSR count). The maximum atomic E-state index is 12.1. The molecule has 0 spiro atoms. The minimum atomic E-state index is -2.86. The number of hydrogen-bond acceptors (Lipinski definition) is 4. The number of halogens is 2. The minimum Gasteiger partial charge on any atom is -0.462 e. The smallest absolute Gasteiger partial charge is 0.387 e. The lowest BCUT2D eigenvalue weighted by Crippen LogP contribution is -2.19. The highest BCUT2D eigenvalue weighted by Gasteiger charge is 2.07. The second-order valence-electron chi connectivity index (χ2n) is 4.78. The second-order valence-corrected chi connectivity index (χ2v) is 5.19. The predicted molar refractivity (Wildman–Crippen MR) is 95.3 cm³/mol. The van der Waals surface area contributed by atoms with Crippen LogP contribution in [0.4, 0.5) is 20.2 Å². The Morgan fingerprint density at radius 3 is 2.04 bits per heavy atom. The lowest BCUT2D eigenvalue weighted by atomic mass is 10.2. The summed E-state index contributed by atoms with van der Waals surface area (Å²) in [5.41, 5.74) is 1.74. The average molecular weight is 366 g/mol. The van der Waals surface area contributed by atoms with Crippen LogP contribution in [0.15, 0.2) is 48.5 Å². The number of alkyl halides is 2. The first-order valence-corrected chi connectivity index (χ1v) is 7.79. The molecule has 0 aliphatic heterocycles. The molecule has 132 valence electrons. The number of benzene rings is 2. The largest absolute Gasteiger partial charge is 0.462 e. The van der Waals surface area contributed by atoms with Crippen LogP contribution < -0.4 is 15.4 Å². The van der Waals surface area contributed by atoms with Crippen LogP contribution in [0.2, 0.25) is 0 Å². The van der Waals surface area contributed by atoms with Gasteiger partial charge in [0.2, 0.25) is 0 Å². The number of carbonyl (C=O) groups excluding carboxylic acids is 1. The molecule has 2 N–H and O–H groups in total. The zero-order chi connectivity index (χ0) is 18.2. The molecule has 5 nitrogen and oxygen atoms in total. The highest BCUT2D eigenvalue weighted by Crippen LogP contribution is 2.18. The van der Waals surface area contributed by atoms with E-state index in [2.05, 4.69) is 15.4 Å². The molecule has 0 aromatic heterocycles. The Morgan fingerprint density at radius 2 is 1.56 bits per heavy atom. The summed E-state index contributed by atoms with van der Waals surface area (Å²) in [6.45, 7) is -0.808. The van der Waals surface area contributed by atoms with Gasteiger partial charge in [0.05, 0.1) is 12.2 Å². The normalized spacial score (nSPS) is 10.2. The highest BCUT2D eigenvalue weighted by molar-refractivity contribution is 7.80. The molecule has 0 heterocycles. The van der Waals surface area contributed by atoms with E-state index in [1.807, 2.05) is 0 Å². The summed E-state index contributed by atoms with van der Waals surface area (Å²) < 4.78 is 33.4. The van der Waals surface area contributed by atoms with Gasteiger partial charge in [0.25, 0.3) is 0 Å². The summed E-state index contributed by atoms with van der Waals surface area (Å²) >= 11 is 5.18. The molecule has 0 saturated heterocycles. The summed E-state index contributed by atoms with van der Waals surface area (Å²) in [6, 6.07) is 12.6. The Balaban J connectivity index is 1.90. The van der Waals surface area contributed by atoms with E-state index in [1.165, 1.54) is 12.1 Å². The molecule has 0 bridgehead atoms. The number of hydrogen-bond donors (Lipinski definition) is 2. The van der Waals surface area contributed by atoms with Gasteiger partial charge in [0.15, 0.2) is 5.11 Å². The fraction of sp³-hybridized carbons (Fsp3) is 0.176. The molecule has 0 aliphatic rings. The van der Waals surface area contributed by atoms with Crippen LogP contribution in [0.5, 0.6) is 5.75 Å². The zero-order valence-electron chi connectivity index (χ0n) is 13.3. The van der Waals surface area contributed by atoms with Gasteiger partial charge in [0, 0.05) is 11.4 Å². The van der Waals surface area contributed by atoms with Gasteiger partial charge < -0.3 is 20.1 Å². The topological polar surface area (TPSA) is 59.6 Å². The Bertz CT molecular complexity index is 722. The van der Waals surface area contributed by atoms with Crippen LogP contribution in [0.1, 0.15) is 17.3 Å². The molecule has 0 fully saturated rings. The first-order chi connectivity index (χ1) is 12.0. The Hall–Kier alpha value is -2.74. The number of nitrogens with one attached hydrogen (secondary N) is 2. The molecule has 0 radical (unpaired) electrons. The van der Waals surface area contributed by atoms with E-state index < -0.39 is 6.61 Å². The van der Waals surface area contributed by atoms with Crippen molar-refractivity contribution in [2.24, 2.45) is 0 Å². The number of ether oxygens (including phenoxy) is 2. The van der Waals surface area contributed by atoms with E-state index in [9.17, 15) is 13.6 Å². The van der Waals surface area contributed by atoms with Gasteiger partial charge >= 0.3 is 12.6 Å². The molecule has 0 amide bonds. The van der Waals surface area contributed by atoms with Crippen molar-refractivity contribution in [3.05, 3.63) is 54.1 Å². The molecule has 0 aliphatic carbocycles. The highest BCUT2D eigenvalue weighted by atomic mass is 32.1. The van der Waals surface area contributed by atoms with Crippen LogP contribution in [0, 0.1) is 0 Å². The van der Waals surface area contributed by atoms with Gasteiger partial charge in [-0.15, -0.1) is 0 Å². The fourth-order valence-electron chi connectivity index (χ4n) is 1.92.